The van der Waals surface area contributed by atoms with Gasteiger partial charge in [0.25, 0.3) is 0 Å². The molecule has 1 saturated heterocycles. The second-order valence-electron chi connectivity index (χ2n) is 3.23. The molecule has 2 rings (SSSR count). The Balaban J connectivity index is 1.94. The summed E-state index contributed by atoms with van der Waals surface area (Å²) in [6.07, 6.45) is 1.31. The maximum atomic E-state index is 9.10. The third kappa shape index (κ3) is 2.09. The van der Waals surface area contributed by atoms with Crippen LogP contribution in [-0.2, 0) is 11.3 Å². The van der Waals surface area contributed by atoms with Crippen LogP contribution in [0.3, 0.4) is 0 Å². The molecule has 1 aromatic rings. The van der Waals surface area contributed by atoms with E-state index in [1.54, 1.807) is 0 Å². The van der Waals surface area contributed by atoms with Crippen LogP contribution in [-0.4, -0.2) is 52.6 Å². The molecule has 0 aromatic carbocycles. The maximum absolute atomic E-state index is 9.10. The lowest BCUT2D eigenvalue weighted by molar-refractivity contribution is -0.0324. The molecule has 6 heteroatoms. The number of hydrogen-bond donors (Lipinski definition) is 1. The number of aliphatic hydroxyl groups is 1. The van der Waals surface area contributed by atoms with E-state index >= 15 is 0 Å². The van der Waals surface area contributed by atoms with E-state index < -0.39 is 0 Å². The molecular formula is C8H13N3O3. The lowest BCUT2D eigenvalue weighted by atomic mass is 10.2. The van der Waals surface area contributed by atoms with Crippen LogP contribution < -0.4 is 0 Å². The first-order chi connectivity index (χ1) is 6.90. The number of aromatic nitrogens is 2. The molecule has 2 heterocycles. The minimum atomic E-state index is 0.0437. The largest absolute Gasteiger partial charge is 0.395 e. The zero-order chi connectivity index (χ0) is 9.80. The molecule has 0 saturated carbocycles. The molecule has 1 aromatic heterocycles. The van der Waals surface area contributed by atoms with Gasteiger partial charge in [-0.2, -0.15) is 4.98 Å². The van der Waals surface area contributed by atoms with Crippen molar-refractivity contribution in [3.63, 3.8) is 0 Å². The van der Waals surface area contributed by atoms with Crippen molar-refractivity contribution in [2.24, 2.45) is 0 Å². The molecule has 1 unspecified atom stereocenters. The fourth-order valence-corrected chi connectivity index (χ4v) is 1.51. The summed E-state index contributed by atoms with van der Waals surface area (Å²) < 4.78 is 9.90. The summed E-state index contributed by atoms with van der Waals surface area (Å²) in [6.45, 7) is 2.74. The fourth-order valence-electron chi connectivity index (χ4n) is 1.51. The van der Waals surface area contributed by atoms with Gasteiger partial charge in [0.15, 0.2) is 5.82 Å². The normalized spacial score (nSPS) is 23.9. The smallest absolute Gasteiger partial charge is 0.213 e. The lowest BCUT2D eigenvalue weighted by Crippen LogP contribution is -2.47. The average Bonchev–Trinajstić information content (AvgIpc) is 2.71. The van der Waals surface area contributed by atoms with Crippen molar-refractivity contribution in [2.45, 2.75) is 12.6 Å². The monoisotopic (exact) mass is 199 g/mol. The Labute approximate surface area is 81.5 Å². The summed E-state index contributed by atoms with van der Waals surface area (Å²) >= 11 is 0. The van der Waals surface area contributed by atoms with Crippen LogP contribution in [0.1, 0.15) is 5.82 Å². The highest BCUT2D eigenvalue weighted by molar-refractivity contribution is 4.83. The minimum Gasteiger partial charge on any atom is -0.395 e. The highest BCUT2D eigenvalue weighted by Gasteiger charge is 2.23. The SMILES string of the molecule is OCC1COCCN1Cc1ncon1. The molecule has 1 aliphatic heterocycles. The predicted octanol–water partition coefficient (Wildman–Crippen LogP) is -0.737. The van der Waals surface area contributed by atoms with Gasteiger partial charge < -0.3 is 14.4 Å². The van der Waals surface area contributed by atoms with Crippen molar-refractivity contribution in [1.82, 2.24) is 15.0 Å². The molecule has 0 spiro atoms. The van der Waals surface area contributed by atoms with E-state index in [0.29, 0.717) is 25.6 Å². The number of ether oxygens (including phenoxy) is 1. The molecule has 0 amide bonds. The maximum Gasteiger partial charge on any atom is 0.213 e. The zero-order valence-electron chi connectivity index (χ0n) is 7.80. The summed E-state index contributed by atoms with van der Waals surface area (Å²) in [5.41, 5.74) is 0. The molecule has 0 aliphatic carbocycles. The molecule has 0 bridgehead atoms. The fraction of sp³-hybridized carbons (Fsp3) is 0.750. The van der Waals surface area contributed by atoms with Crippen molar-refractivity contribution in [1.29, 1.82) is 0 Å². The first-order valence-corrected chi connectivity index (χ1v) is 4.58. The molecule has 14 heavy (non-hydrogen) atoms. The van der Waals surface area contributed by atoms with Crippen LogP contribution >= 0.6 is 0 Å². The minimum absolute atomic E-state index is 0.0437. The highest BCUT2D eigenvalue weighted by Crippen LogP contribution is 2.09. The second kappa shape index (κ2) is 4.50. The van der Waals surface area contributed by atoms with Gasteiger partial charge in [0, 0.05) is 6.54 Å². The van der Waals surface area contributed by atoms with Gasteiger partial charge in [-0.25, -0.2) is 0 Å². The van der Waals surface area contributed by atoms with Crippen molar-refractivity contribution < 1.29 is 14.4 Å². The van der Waals surface area contributed by atoms with Gasteiger partial charge in [0.2, 0.25) is 6.39 Å². The van der Waals surface area contributed by atoms with Crippen molar-refractivity contribution in [2.75, 3.05) is 26.4 Å². The van der Waals surface area contributed by atoms with Crippen LogP contribution in [0, 0.1) is 0 Å². The summed E-state index contributed by atoms with van der Waals surface area (Å²) in [5, 5.41) is 12.8. The summed E-state index contributed by atoms with van der Waals surface area (Å²) in [5.74, 6) is 0.644. The quantitative estimate of drug-likeness (QED) is 0.691. The Hall–Kier alpha value is -0.980. The number of rotatable bonds is 3. The second-order valence-corrected chi connectivity index (χ2v) is 3.23. The molecular weight excluding hydrogens is 186 g/mol. The lowest BCUT2D eigenvalue weighted by Gasteiger charge is -2.33. The third-order valence-corrected chi connectivity index (χ3v) is 2.31. The van der Waals surface area contributed by atoms with Gasteiger partial charge in [-0.1, -0.05) is 5.16 Å². The zero-order valence-corrected chi connectivity index (χ0v) is 7.80. The van der Waals surface area contributed by atoms with Gasteiger partial charge >= 0.3 is 0 Å². The molecule has 1 N–H and O–H groups in total. The van der Waals surface area contributed by atoms with Crippen LogP contribution in [0.5, 0.6) is 0 Å². The van der Waals surface area contributed by atoms with E-state index in [9.17, 15) is 0 Å². The van der Waals surface area contributed by atoms with Gasteiger partial charge in [0.1, 0.15) is 0 Å². The Kier molecular flexibility index (Phi) is 3.07. The van der Waals surface area contributed by atoms with E-state index in [4.69, 9.17) is 9.84 Å². The first kappa shape index (κ1) is 9.57. The molecule has 1 atom stereocenters. The topological polar surface area (TPSA) is 71.6 Å². The van der Waals surface area contributed by atoms with Gasteiger partial charge in [-0.15, -0.1) is 0 Å². The van der Waals surface area contributed by atoms with Crippen LogP contribution in [0.2, 0.25) is 0 Å². The Morgan fingerprint density at radius 1 is 1.64 bits per heavy atom. The summed E-state index contributed by atoms with van der Waals surface area (Å²) in [4.78, 5) is 6.03. The van der Waals surface area contributed by atoms with E-state index in [2.05, 4.69) is 19.6 Å². The summed E-state index contributed by atoms with van der Waals surface area (Å²) in [6, 6.07) is 0.0437. The van der Waals surface area contributed by atoms with Crippen LogP contribution in [0.15, 0.2) is 10.9 Å². The van der Waals surface area contributed by atoms with Crippen LogP contribution in [0.4, 0.5) is 0 Å². The molecule has 1 fully saturated rings. The van der Waals surface area contributed by atoms with E-state index in [1.165, 1.54) is 6.39 Å². The molecule has 1 aliphatic rings. The van der Waals surface area contributed by atoms with Crippen molar-refractivity contribution in [3.05, 3.63) is 12.2 Å². The molecule has 6 nitrogen and oxygen atoms in total. The Morgan fingerprint density at radius 2 is 2.57 bits per heavy atom. The Bertz CT molecular complexity index is 265. The number of morpholine rings is 1. The van der Waals surface area contributed by atoms with E-state index in [-0.39, 0.29) is 12.6 Å². The van der Waals surface area contributed by atoms with E-state index in [1.807, 2.05) is 0 Å². The molecule has 78 valence electrons. The predicted molar refractivity (Wildman–Crippen MR) is 46.4 cm³/mol. The first-order valence-electron chi connectivity index (χ1n) is 4.58. The van der Waals surface area contributed by atoms with Gasteiger partial charge in [-0.05, 0) is 0 Å². The number of hydrogen-bond acceptors (Lipinski definition) is 6. The Morgan fingerprint density at radius 3 is 3.29 bits per heavy atom. The van der Waals surface area contributed by atoms with Gasteiger partial charge in [0.05, 0.1) is 32.4 Å². The standard InChI is InChI=1S/C8H13N3O3/c12-4-7-5-13-2-1-11(7)3-8-9-6-14-10-8/h6-7,12H,1-5H2. The van der Waals surface area contributed by atoms with Gasteiger partial charge in [-0.3, -0.25) is 4.90 Å². The number of aliphatic hydroxyl groups excluding tert-OH is 1. The average molecular weight is 199 g/mol. The third-order valence-electron chi connectivity index (χ3n) is 2.31. The van der Waals surface area contributed by atoms with Crippen LogP contribution in [0.25, 0.3) is 0 Å². The summed E-state index contributed by atoms with van der Waals surface area (Å²) in [7, 11) is 0. The van der Waals surface area contributed by atoms with E-state index in [0.717, 1.165) is 6.54 Å². The highest BCUT2D eigenvalue weighted by atomic mass is 16.5. The van der Waals surface area contributed by atoms with Crippen molar-refractivity contribution in [3.8, 4) is 0 Å². The molecule has 0 radical (unpaired) electrons. The number of nitrogens with zero attached hydrogens (tertiary/aromatic N) is 3. The van der Waals surface area contributed by atoms with Crippen molar-refractivity contribution >= 4 is 0 Å².